The molecule has 1 unspecified atom stereocenters. The number of halogens is 2. The molecule has 3 N–H and O–H groups in total. The number of carbonyl (C=O) groups excluding carboxylic acids is 4. The SMILES string of the molecule is CC1(c2ccc(Cl)cc2Cl)NC(=O)N(CC(=O)NC(=O)Nc2ccc3c(c2)OCCO3)C1=O. The monoisotopic (exact) mass is 492 g/mol. The van der Waals surface area contributed by atoms with E-state index in [9.17, 15) is 19.2 Å². The molecular weight excluding hydrogens is 475 g/mol. The Balaban J connectivity index is 1.39. The number of carbonyl (C=O) groups is 4. The largest absolute Gasteiger partial charge is 0.486 e. The van der Waals surface area contributed by atoms with E-state index in [4.69, 9.17) is 32.7 Å². The second-order valence-electron chi connectivity index (χ2n) is 7.43. The first kappa shape index (κ1) is 22.7. The fourth-order valence-electron chi connectivity index (χ4n) is 3.51. The Morgan fingerprint density at radius 2 is 1.82 bits per heavy atom. The van der Waals surface area contributed by atoms with Crippen molar-refractivity contribution in [3.63, 3.8) is 0 Å². The lowest BCUT2D eigenvalue weighted by Gasteiger charge is -2.23. The van der Waals surface area contributed by atoms with Crippen molar-refractivity contribution < 1.29 is 28.7 Å². The number of imide groups is 2. The second kappa shape index (κ2) is 8.80. The molecule has 33 heavy (non-hydrogen) atoms. The summed E-state index contributed by atoms with van der Waals surface area (Å²) in [5.41, 5.74) is -0.803. The van der Waals surface area contributed by atoms with Crippen LogP contribution in [-0.2, 0) is 15.1 Å². The normalized spacial score (nSPS) is 19.2. The minimum absolute atomic E-state index is 0.184. The average Bonchev–Trinajstić information content (AvgIpc) is 2.97. The van der Waals surface area contributed by atoms with Crippen molar-refractivity contribution in [2.45, 2.75) is 12.5 Å². The molecule has 2 heterocycles. The lowest BCUT2D eigenvalue weighted by atomic mass is 9.92. The predicted octanol–water partition coefficient (Wildman–Crippen LogP) is 2.88. The summed E-state index contributed by atoms with van der Waals surface area (Å²) >= 11 is 12.1. The third-order valence-electron chi connectivity index (χ3n) is 5.10. The first-order valence-corrected chi connectivity index (χ1v) is 10.5. The van der Waals surface area contributed by atoms with Crippen molar-refractivity contribution in [3.8, 4) is 11.5 Å². The molecule has 6 amide bonds. The Labute approximate surface area is 198 Å². The minimum Gasteiger partial charge on any atom is -0.486 e. The zero-order valence-corrected chi connectivity index (χ0v) is 18.7. The van der Waals surface area contributed by atoms with Crippen LogP contribution in [0.25, 0.3) is 0 Å². The van der Waals surface area contributed by atoms with Crippen molar-refractivity contribution in [2.75, 3.05) is 25.1 Å². The molecule has 0 saturated carbocycles. The molecule has 12 heteroatoms. The summed E-state index contributed by atoms with van der Waals surface area (Å²) < 4.78 is 10.8. The number of ether oxygens (including phenoxy) is 2. The number of hydrogen-bond acceptors (Lipinski definition) is 6. The van der Waals surface area contributed by atoms with E-state index in [1.54, 1.807) is 18.2 Å². The Morgan fingerprint density at radius 1 is 1.09 bits per heavy atom. The van der Waals surface area contributed by atoms with Gasteiger partial charge in [0.2, 0.25) is 5.91 Å². The van der Waals surface area contributed by atoms with Gasteiger partial charge in [-0.15, -0.1) is 0 Å². The van der Waals surface area contributed by atoms with Crippen molar-refractivity contribution in [3.05, 3.63) is 52.0 Å². The van der Waals surface area contributed by atoms with E-state index < -0.39 is 36.0 Å². The lowest BCUT2D eigenvalue weighted by Crippen LogP contribution is -2.45. The Bertz CT molecular complexity index is 1170. The first-order chi connectivity index (χ1) is 15.7. The van der Waals surface area contributed by atoms with Gasteiger partial charge in [0.25, 0.3) is 5.91 Å². The summed E-state index contributed by atoms with van der Waals surface area (Å²) in [6, 6.07) is 7.62. The molecule has 172 valence electrons. The van der Waals surface area contributed by atoms with Gasteiger partial charge in [0.1, 0.15) is 25.3 Å². The van der Waals surface area contributed by atoms with Gasteiger partial charge >= 0.3 is 12.1 Å². The van der Waals surface area contributed by atoms with Crippen molar-refractivity contribution in [2.24, 2.45) is 0 Å². The molecule has 2 aromatic carbocycles. The molecule has 0 radical (unpaired) electrons. The molecule has 0 bridgehead atoms. The maximum absolute atomic E-state index is 13.0. The number of anilines is 1. The van der Waals surface area contributed by atoms with Crippen molar-refractivity contribution in [1.82, 2.24) is 15.5 Å². The van der Waals surface area contributed by atoms with Gasteiger partial charge in [-0.3, -0.25) is 19.8 Å². The van der Waals surface area contributed by atoms with E-state index in [2.05, 4.69) is 16.0 Å². The average molecular weight is 493 g/mol. The highest BCUT2D eigenvalue weighted by molar-refractivity contribution is 6.35. The summed E-state index contributed by atoms with van der Waals surface area (Å²) in [4.78, 5) is 50.6. The summed E-state index contributed by atoms with van der Waals surface area (Å²) in [6.07, 6.45) is 0. The maximum atomic E-state index is 13.0. The van der Waals surface area contributed by atoms with Crippen molar-refractivity contribution >= 4 is 52.8 Å². The highest BCUT2D eigenvalue weighted by atomic mass is 35.5. The summed E-state index contributed by atoms with van der Waals surface area (Å²) in [7, 11) is 0. The summed E-state index contributed by atoms with van der Waals surface area (Å²) in [6.45, 7) is 1.61. The van der Waals surface area contributed by atoms with E-state index in [1.165, 1.54) is 25.1 Å². The Morgan fingerprint density at radius 3 is 2.55 bits per heavy atom. The van der Waals surface area contributed by atoms with E-state index in [1.807, 2.05) is 0 Å². The zero-order valence-electron chi connectivity index (χ0n) is 17.2. The number of amides is 6. The molecule has 0 aromatic heterocycles. The molecule has 2 aliphatic heterocycles. The van der Waals surface area contributed by atoms with Crippen LogP contribution in [0.4, 0.5) is 15.3 Å². The van der Waals surface area contributed by atoms with Crippen LogP contribution in [0.15, 0.2) is 36.4 Å². The second-order valence-corrected chi connectivity index (χ2v) is 8.27. The highest BCUT2D eigenvalue weighted by Crippen LogP contribution is 2.35. The third-order valence-corrected chi connectivity index (χ3v) is 5.65. The van der Waals surface area contributed by atoms with Crippen LogP contribution in [0.1, 0.15) is 12.5 Å². The van der Waals surface area contributed by atoms with Gasteiger partial charge < -0.3 is 20.1 Å². The van der Waals surface area contributed by atoms with Gasteiger partial charge in [-0.05, 0) is 31.2 Å². The van der Waals surface area contributed by atoms with Crippen LogP contribution in [0.3, 0.4) is 0 Å². The number of fused-ring (bicyclic) bond motifs is 1. The van der Waals surface area contributed by atoms with E-state index in [0.29, 0.717) is 45.9 Å². The van der Waals surface area contributed by atoms with Gasteiger partial charge in [-0.1, -0.05) is 29.3 Å². The fraction of sp³-hybridized carbons (Fsp3) is 0.238. The van der Waals surface area contributed by atoms with Crippen LogP contribution in [-0.4, -0.2) is 48.5 Å². The molecular formula is C21H18Cl2N4O6. The lowest BCUT2D eigenvalue weighted by molar-refractivity contribution is -0.134. The van der Waals surface area contributed by atoms with Crippen molar-refractivity contribution in [1.29, 1.82) is 0 Å². The van der Waals surface area contributed by atoms with E-state index in [0.717, 1.165) is 0 Å². The van der Waals surface area contributed by atoms with E-state index >= 15 is 0 Å². The number of nitrogens with zero attached hydrogens (tertiary/aromatic N) is 1. The Hall–Kier alpha value is -3.50. The molecule has 1 saturated heterocycles. The number of hydrogen-bond donors (Lipinski definition) is 3. The molecule has 10 nitrogen and oxygen atoms in total. The molecule has 0 spiro atoms. The number of benzene rings is 2. The number of rotatable bonds is 4. The molecule has 4 rings (SSSR count). The standard InChI is InChI=1S/C21H18Cl2N4O6/c1-21(13-4-2-11(22)8-14(13)23)18(29)27(20(31)26-21)10-17(28)25-19(30)24-12-3-5-15-16(9-12)33-7-6-32-15/h2-5,8-9H,6-7,10H2,1H3,(H,26,31)(H2,24,25,28,30). The fourth-order valence-corrected chi connectivity index (χ4v) is 4.11. The molecule has 2 aliphatic rings. The number of nitrogens with one attached hydrogen (secondary N) is 3. The van der Waals surface area contributed by atoms with Crippen LogP contribution in [0.5, 0.6) is 11.5 Å². The van der Waals surface area contributed by atoms with Gasteiger partial charge in [0, 0.05) is 27.4 Å². The minimum atomic E-state index is -1.49. The smallest absolute Gasteiger partial charge is 0.325 e. The molecule has 2 aromatic rings. The molecule has 0 aliphatic carbocycles. The summed E-state index contributed by atoms with van der Waals surface area (Å²) in [5, 5.41) is 7.66. The zero-order chi connectivity index (χ0) is 23.8. The van der Waals surface area contributed by atoms with Gasteiger partial charge in [-0.25, -0.2) is 9.59 Å². The Kier molecular flexibility index (Phi) is 6.05. The first-order valence-electron chi connectivity index (χ1n) is 9.77. The summed E-state index contributed by atoms with van der Waals surface area (Å²) in [5.74, 6) is -0.547. The quantitative estimate of drug-likeness (QED) is 0.563. The van der Waals surface area contributed by atoms with Crippen LogP contribution < -0.4 is 25.4 Å². The predicted molar refractivity (Wildman–Crippen MR) is 119 cm³/mol. The van der Waals surface area contributed by atoms with Crippen LogP contribution >= 0.6 is 23.2 Å². The van der Waals surface area contributed by atoms with Crippen LogP contribution in [0.2, 0.25) is 10.0 Å². The van der Waals surface area contributed by atoms with Gasteiger partial charge in [0.05, 0.1) is 0 Å². The molecule has 1 atom stereocenters. The third kappa shape index (κ3) is 4.53. The van der Waals surface area contributed by atoms with Gasteiger partial charge in [0.15, 0.2) is 11.5 Å². The maximum Gasteiger partial charge on any atom is 0.325 e. The topological polar surface area (TPSA) is 126 Å². The van der Waals surface area contributed by atoms with E-state index in [-0.39, 0.29) is 5.02 Å². The highest BCUT2D eigenvalue weighted by Gasteiger charge is 2.50. The van der Waals surface area contributed by atoms with Crippen LogP contribution in [0, 0.1) is 0 Å². The van der Waals surface area contributed by atoms with Gasteiger partial charge in [-0.2, -0.15) is 0 Å². The number of urea groups is 2. The molecule has 1 fully saturated rings.